The summed E-state index contributed by atoms with van der Waals surface area (Å²) in [6, 6.07) is 0. The van der Waals surface area contributed by atoms with Gasteiger partial charge in [-0.1, -0.05) is 20.8 Å². The molecule has 1 fully saturated rings. The van der Waals surface area contributed by atoms with Gasteiger partial charge in [-0.2, -0.15) is 0 Å². The van der Waals surface area contributed by atoms with Crippen molar-refractivity contribution in [3.05, 3.63) is 0 Å². The Morgan fingerprint density at radius 1 is 1.23 bits per heavy atom. The third kappa shape index (κ3) is 2.81. The molecule has 0 aliphatic heterocycles. The van der Waals surface area contributed by atoms with Crippen LogP contribution >= 0.6 is 0 Å². The first kappa shape index (κ1) is 11.3. The highest BCUT2D eigenvalue weighted by atomic mass is 28.4. The summed E-state index contributed by atoms with van der Waals surface area (Å²) in [5.41, 5.74) is 0. The molecule has 1 saturated carbocycles. The summed E-state index contributed by atoms with van der Waals surface area (Å²) in [6.45, 7) is 13.8. The van der Waals surface area contributed by atoms with E-state index in [1.807, 2.05) is 0 Å². The predicted molar refractivity (Wildman–Crippen MR) is 60.5 cm³/mol. The summed E-state index contributed by atoms with van der Waals surface area (Å²) in [6.07, 6.45) is 3.27. The highest BCUT2D eigenvalue weighted by Crippen LogP contribution is 2.41. The van der Waals surface area contributed by atoms with E-state index < -0.39 is 8.32 Å². The first-order valence-corrected chi connectivity index (χ1v) is 8.33. The lowest BCUT2D eigenvalue weighted by molar-refractivity contribution is 0.177. The summed E-state index contributed by atoms with van der Waals surface area (Å²) in [5, 5.41) is 0.357. The molecule has 1 nitrogen and oxygen atoms in total. The van der Waals surface area contributed by atoms with Gasteiger partial charge in [-0.05, 0) is 43.8 Å². The second-order valence-electron chi connectivity index (χ2n) is 5.92. The van der Waals surface area contributed by atoms with Crippen LogP contribution in [0.5, 0.6) is 0 Å². The van der Waals surface area contributed by atoms with Gasteiger partial charge >= 0.3 is 0 Å². The smallest absolute Gasteiger partial charge is 0.192 e. The standard InChI is InChI=1S/C11H24OSi/c1-9(10-7-8-10)12-13(5,6)11(2,3)4/h9-10H,7-8H2,1-6H3. The van der Waals surface area contributed by atoms with Crippen LogP contribution in [0.3, 0.4) is 0 Å². The largest absolute Gasteiger partial charge is 0.414 e. The third-order valence-electron chi connectivity index (χ3n) is 3.57. The van der Waals surface area contributed by atoms with Gasteiger partial charge in [0, 0.05) is 6.10 Å². The van der Waals surface area contributed by atoms with Crippen LogP contribution in [0.25, 0.3) is 0 Å². The van der Waals surface area contributed by atoms with Crippen molar-refractivity contribution in [2.75, 3.05) is 0 Å². The molecule has 1 atom stereocenters. The first-order valence-electron chi connectivity index (χ1n) is 5.42. The van der Waals surface area contributed by atoms with E-state index in [0.29, 0.717) is 11.1 Å². The maximum Gasteiger partial charge on any atom is 0.192 e. The molecule has 0 N–H and O–H groups in total. The van der Waals surface area contributed by atoms with Crippen molar-refractivity contribution in [2.45, 2.75) is 64.8 Å². The van der Waals surface area contributed by atoms with Crippen LogP contribution in [-0.2, 0) is 4.43 Å². The van der Waals surface area contributed by atoms with Gasteiger partial charge in [-0.3, -0.25) is 0 Å². The summed E-state index contributed by atoms with van der Waals surface area (Å²) < 4.78 is 6.27. The second-order valence-corrected chi connectivity index (χ2v) is 10.7. The maximum atomic E-state index is 6.27. The van der Waals surface area contributed by atoms with Crippen molar-refractivity contribution in [1.29, 1.82) is 0 Å². The van der Waals surface area contributed by atoms with E-state index >= 15 is 0 Å². The zero-order chi connectivity index (χ0) is 10.3. The van der Waals surface area contributed by atoms with E-state index in [4.69, 9.17) is 4.43 Å². The number of hydrogen-bond acceptors (Lipinski definition) is 1. The average molecular weight is 200 g/mol. The lowest BCUT2D eigenvalue weighted by atomic mass is 10.2. The van der Waals surface area contributed by atoms with Crippen molar-refractivity contribution in [2.24, 2.45) is 5.92 Å². The fourth-order valence-electron chi connectivity index (χ4n) is 1.30. The van der Waals surface area contributed by atoms with E-state index in [-0.39, 0.29) is 0 Å². The molecular formula is C11H24OSi. The van der Waals surface area contributed by atoms with Gasteiger partial charge in [0.05, 0.1) is 0 Å². The van der Waals surface area contributed by atoms with Gasteiger partial charge in [0.25, 0.3) is 0 Å². The lowest BCUT2D eigenvalue weighted by Gasteiger charge is -2.38. The Morgan fingerprint density at radius 2 is 1.69 bits per heavy atom. The molecule has 0 amide bonds. The van der Waals surface area contributed by atoms with Crippen molar-refractivity contribution >= 4 is 8.32 Å². The fourth-order valence-corrected chi connectivity index (χ4v) is 2.78. The zero-order valence-corrected chi connectivity index (χ0v) is 11.0. The SMILES string of the molecule is CC(O[Si](C)(C)C(C)(C)C)C1CC1. The van der Waals surface area contributed by atoms with Crippen molar-refractivity contribution in [3.63, 3.8) is 0 Å². The monoisotopic (exact) mass is 200 g/mol. The van der Waals surface area contributed by atoms with E-state index in [2.05, 4.69) is 40.8 Å². The van der Waals surface area contributed by atoms with Crippen molar-refractivity contribution in [3.8, 4) is 0 Å². The molecule has 2 heteroatoms. The highest BCUT2D eigenvalue weighted by Gasteiger charge is 2.41. The predicted octanol–water partition coefficient (Wildman–Crippen LogP) is 3.81. The molecular weight excluding hydrogens is 176 g/mol. The molecule has 0 spiro atoms. The molecule has 0 aromatic rings. The van der Waals surface area contributed by atoms with Crippen molar-refractivity contribution < 1.29 is 4.43 Å². The van der Waals surface area contributed by atoms with Gasteiger partial charge in [0.15, 0.2) is 8.32 Å². The van der Waals surface area contributed by atoms with E-state index in [1.54, 1.807) is 0 Å². The fraction of sp³-hybridized carbons (Fsp3) is 1.00. The Labute approximate surface area is 84.0 Å². The van der Waals surface area contributed by atoms with Crippen LogP contribution in [0.2, 0.25) is 18.1 Å². The molecule has 78 valence electrons. The number of rotatable bonds is 3. The minimum absolute atomic E-state index is 0.357. The summed E-state index contributed by atoms with van der Waals surface area (Å²) in [4.78, 5) is 0. The second kappa shape index (κ2) is 3.39. The molecule has 1 unspecified atom stereocenters. The van der Waals surface area contributed by atoms with Gasteiger partial charge < -0.3 is 4.43 Å². The quantitative estimate of drug-likeness (QED) is 0.630. The minimum atomic E-state index is -1.49. The topological polar surface area (TPSA) is 9.23 Å². The van der Waals surface area contributed by atoms with Crippen LogP contribution in [0.1, 0.15) is 40.5 Å². The van der Waals surface area contributed by atoms with Crippen LogP contribution in [-0.4, -0.2) is 14.4 Å². The molecule has 1 aliphatic carbocycles. The molecule has 0 aromatic carbocycles. The molecule has 0 saturated heterocycles. The molecule has 0 radical (unpaired) electrons. The zero-order valence-electron chi connectivity index (χ0n) is 9.98. The molecule has 0 bridgehead atoms. The molecule has 13 heavy (non-hydrogen) atoms. The van der Waals surface area contributed by atoms with Crippen LogP contribution in [0.15, 0.2) is 0 Å². The van der Waals surface area contributed by atoms with Gasteiger partial charge in [0.2, 0.25) is 0 Å². The Bertz CT molecular complexity index is 177. The van der Waals surface area contributed by atoms with E-state index in [1.165, 1.54) is 12.8 Å². The Morgan fingerprint density at radius 3 is 2.00 bits per heavy atom. The Balaban J connectivity index is 2.49. The van der Waals surface area contributed by atoms with E-state index in [0.717, 1.165) is 5.92 Å². The Hall–Kier alpha value is 0.177. The van der Waals surface area contributed by atoms with Crippen LogP contribution in [0.4, 0.5) is 0 Å². The molecule has 1 aliphatic rings. The Kier molecular flexibility index (Phi) is 2.94. The van der Waals surface area contributed by atoms with Gasteiger partial charge in [-0.25, -0.2) is 0 Å². The normalized spacial score (nSPS) is 21.7. The maximum absolute atomic E-state index is 6.27. The van der Waals surface area contributed by atoms with E-state index in [9.17, 15) is 0 Å². The summed E-state index contributed by atoms with van der Waals surface area (Å²) >= 11 is 0. The van der Waals surface area contributed by atoms with Gasteiger partial charge in [0.1, 0.15) is 0 Å². The van der Waals surface area contributed by atoms with Crippen molar-refractivity contribution in [1.82, 2.24) is 0 Å². The first-order chi connectivity index (χ1) is 5.74. The minimum Gasteiger partial charge on any atom is -0.414 e. The summed E-state index contributed by atoms with van der Waals surface area (Å²) in [5.74, 6) is 0.870. The highest BCUT2D eigenvalue weighted by molar-refractivity contribution is 6.74. The third-order valence-corrected chi connectivity index (χ3v) is 8.15. The molecule has 0 aromatic heterocycles. The summed E-state index contributed by atoms with van der Waals surface area (Å²) in [7, 11) is -1.49. The van der Waals surface area contributed by atoms with Crippen LogP contribution in [0, 0.1) is 5.92 Å². The van der Waals surface area contributed by atoms with Gasteiger partial charge in [-0.15, -0.1) is 0 Å². The number of hydrogen-bond donors (Lipinski definition) is 0. The molecule has 0 heterocycles. The molecule has 1 rings (SSSR count). The van der Waals surface area contributed by atoms with Crippen LogP contribution < -0.4 is 0 Å². The average Bonchev–Trinajstić information content (AvgIpc) is 2.62. The lowest BCUT2D eigenvalue weighted by Crippen LogP contribution is -2.43.